The van der Waals surface area contributed by atoms with Crippen molar-refractivity contribution < 1.29 is 18.7 Å². The van der Waals surface area contributed by atoms with E-state index < -0.39 is 5.97 Å². The minimum Gasteiger partial charge on any atom is -0.465 e. The number of esters is 1. The first-order chi connectivity index (χ1) is 11.2. The third-order valence-electron chi connectivity index (χ3n) is 3.33. The monoisotopic (exact) mass is 311 g/mol. The normalized spacial score (nSPS) is 10.5. The number of hydrogen-bond donors (Lipinski definition) is 0. The van der Waals surface area contributed by atoms with E-state index in [0.29, 0.717) is 29.8 Å². The zero-order valence-electron chi connectivity index (χ0n) is 12.3. The molecule has 3 rings (SSSR count). The maximum absolute atomic E-state index is 11.4. The first-order valence-corrected chi connectivity index (χ1v) is 6.82. The Hall–Kier alpha value is -3.22. The van der Waals surface area contributed by atoms with Crippen LogP contribution in [0.5, 0.6) is 0 Å². The zero-order valence-corrected chi connectivity index (χ0v) is 12.3. The van der Waals surface area contributed by atoms with Gasteiger partial charge in [-0.05, 0) is 29.8 Å². The number of benzene rings is 1. The molecule has 0 radical (unpaired) electrons. The van der Waals surface area contributed by atoms with E-state index in [1.165, 1.54) is 13.4 Å². The summed E-state index contributed by atoms with van der Waals surface area (Å²) in [6.45, 7) is 0.387. The molecular formula is C16H13N3O4. The van der Waals surface area contributed by atoms with Gasteiger partial charge in [-0.1, -0.05) is 17.3 Å². The SMILES string of the molecule is COC(=O)c1ccc(Cn2nnc(C=O)c2-c2ccco2)cc1. The summed E-state index contributed by atoms with van der Waals surface area (Å²) in [4.78, 5) is 22.6. The Morgan fingerprint density at radius 2 is 2.09 bits per heavy atom. The van der Waals surface area contributed by atoms with Gasteiger partial charge in [0, 0.05) is 0 Å². The van der Waals surface area contributed by atoms with Crippen LogP contribution in [0.2, 0.25) is 0 Å². The van der Waals surface area contributed by atoms with Crippen LogP contribution in [0.3, 0.4) is 0 Å². The van der Waals surface area contributed by atoms with Gasteiger partial charge in [-0.25, -0.2) is 9.48 Å². The van der Waals surface area contributed by atoms with E-state index >= 15 is 0 Å². The summed E-state index contributed by atoms with van der Waals surface area (Å²) in [6.07, 6.45) is 2.16. The number of carbonyl (C=O) groups is 2. The molecular weight excluding hydrogens is 298 g/mol. The van der Waals surface area contributed by atoms with Crippen LogP contribution in [0, 0.1) is 0 Å². The number of hydrogen-bond acceptors (Lipinski definition) is 6. The number of aromatic nitrogens is 3. The lowest BCUT2D eigenvalue weighted by molar-refractivity contribution is 0.0600. The van der Waals surface area contributed by atoms with E-state index in [9.17, 15) is 9.59 Å². The number of aldehydes is 1. The van der Waals surface area contributed by atoms with Crippen LogP contribution >= 0.6 is 0 Å². The second-order valence-corrected chi connectivity index (χ2v) is 4.76. The van der Waals surface area contributed by atoms with Crippen LogP contribution in [0.15, 0.2) is 47.1 Å². The molecule has 7 nitrogen and oxygen atoms in total. The predicted molar refractivity (Wildman–Crippen MR) is 80.0 cm³/mol. The van der Waals surface area contributed by atoms with Gasteiger partial charge in [-0.15, -0.1) is 5.10 Å². The fourth-order valence-corrected chi connectivity index (χ4v) is 2.22. The molecule has 0 aliphatic heterocycles. The Morgan fingerprint density at radius 1 is 1.30 bits per heavy atom. The molecule has 3 aromatic rings. The highest BCUT2D eigenvalue weighted by Gasteiger charge is 2.17. The fourth-order valence-electron chi connectivity index (χ4n) is 2.22. The minimum atomic E-state index is -0.392. The second-order valence-electron chi connectivity index (χ2n) is 4.76. The highest BCUT2D eigenvalue weighted by molar-refractivity contribution is 5.89. The lowest BCUT2D eigenvalue weighted by Crippen LogP contribution is -2.05. The molecule has 0 saturated heterocycles. The van der Waals surface area contributed by atoms with Gasteiger partial charge in [0.1, 0.15) is 5.69 Å². The van der Waals surface area contributed by atoms with Crippen molar-refractivity contribution in [1.29, 1.82) is 0 Å². The fraction of sp³-hybridized carbons (Fsp3) is 0.125. The van der Waals surface area contributed by atoms with Crippen LogP contribution < -0.4 is 0 Å². The van der Waals surface area contributed by atoms with E-state index in [0.717, 1.165) is 5.56 Å². The average Bonchev–Trinajstić information content (AvgIpc) is 3.23. The Labute approximate surface area is 131 Å². The summed E-state index contributed by atoms with van der Waals surface area (Å²) in [6, 6.07) is 10.4. The molecule has 0 spiro atoms. The van der Waals surface area contributed by atoms with E-state index in [1.807, 2.05) is 0 Å². The quantitative estimate of drug-likeness (QED) is 0.530. The van der Waals surface area contributed by atoms with Crippen molar-refractivity contribution in [2.45, 2.75) is 6.54 Å². The predicted octanol–water partition coefficient (Wildman–Crippen LogP) is 2.19. The summed E-state index contributed by atoms with van der Waals surface area (Å²) in [5.74, 6) is 0.125. The van der Waals surface area contributed by atoms with Crippen LogP contribution in [-0.2, 0) is 11.3 Å². The van der Waals surface area contributed by atoms with Crippen LogP contribution in [0.25, 0.3) is 11.5 Å². The lowest BCUT2D eigenvalue weighted by atomic mass is 10.1. The molecule has 116 valence electrons. The highest BCUT2D eigenvalue weighted by Crippen LogP contribution is 2.22. The van der Waals surface area contributed by atoms with E-state index in [4.69, 9.17) is 4.42 Å². The van der Waals surface area contributed by atoms with Crippen LogP contribution in [-0.4, -0.2) is 34.4 Å². The highest BCUT2D eigenvalue weighted by atomic mass is 16.5. The number of rotatable bonds is 5. The number of methoxy groups -OCH3 is 1. The summed E-state index contributed by atoms with van der Waals surface area (Å²) >= 11 is 0. The maximum Gasteiger partial charge on any atom is 0.337 e. The first-order valence-electron chi connectivity index (χ1n) is 6.82. The van der Waals surface area contributed by atoms with Crippen molar-refractivity contribution in [2.75, 3.05) is 7.11 Å². The molecule has 0 atom stereocenters. The summed E-state index contributed by atoms with van der Waals surface area (Å²) in [5, 5.41) is 7.85. The van der Waals surface area contributed by atoms with Crippen molar-refractivity contribution in [1.82, 2.24) is 15.0 Å². The second kappa shape index (κ2) is 6.27. The molecule has 0 saturated carbocycles. The molecule has 1 aromatic carbocycles. The lowest BCUT2D eigenvalue weighted by Gasteiger charge is -2.06. The molecule has 0 N–H and O–H groups in total. The van der Waals surface area contributed by atoms with Crippen molar-refractivity contribution in [2.24, 2.45) is 0 Å². The third-order valence-corrected chi connectivity index (χ3v) is 3.33. The summed E-state index contributed by atoms with van der Waals surface area (Å²) in [7, 11) is 1.34. The Bertz CT molecular complexity index is 820. The van der Waals surface area contributed by atoms with Gasteiger partial charge in [0.05, 0.1) is 25.5 Å². The topological polar surface area (TPSA) is 87.2 Å². The number of ether oxygens (including phenoxy) is 1. The average molecular weight is 311 g/mol. The van der Waals surface area contributed by atoms with E-state index in [2.05, 4.69) is 15.0 Å². The molecule has 0 unspecified atom stereocenters. The number of carbonyl (C=O) groups excluding carboxylic acids is 2. The van der Waals surface area contributed by atoms with Gasteiger partial charge in [-0.3, -0.25) is 4.79 Å². The number of nitrogens with zero attached hydrogens (tertiary/aromatic N) is 3. The zero-order chi connectivity index (χ0) is 16.2. The molecule has 2 heterocycles. The van der Waals surface area contributed by atoms with Crippen LogP contribution in [0.4, 0.5) is 0 Å². The van der Waals surface area contributed by atoms with Gasteiger partial charge in [0.25, 0.3) is 0 Å². The molecule has 0 bridgehead atoms. The number of furan rings is 1. The van der Waals surface area contributed by atoms with E-state index in [-0.39, 0.29) is 5.69 Å². The maximum atomic E-state index is 11.4. The molecule has 0 aliphatic rings. The Morgan fingerprint density at radius 3 is 2.70 bits per heavy atom. The molecule has 0 aliphatic carbocycles. The first kappa shape index (κ1) is 14.7. The van der Waals surface area contributed by atoms with Gasteiger partial charge in [0.15, 0.2) is 17.7 Å². The van der Waals surface area contributed by atoms with Crippen molar-refractivity contribution in [3.8, 4) is 11.5 Å². The Kier molecular flexibility index (Phi) is 4.01. The van der Waals surface area contributed by atoms with Crippen molar-refractivity contribution >= 4 is 12.3 Å². The Balaban J connectivity index is 1.90. The van der Waals surface area contributed by atoms with Crippen molar-refractivity contribution in [3.63, 3.8) is 0 Å². The van der Waals surface area contributed by atoms with Crippen LogP contribution in [0.1, 0.15) is 26.4 Å². The summed E-state index contributed by atoms with van der Waals surface area (Å²) in [5.41, 5.74) is 2.09. The smallest absolute Gasteiger partial charge is 0.337 e. The third kappa shape index (κ3) is 2.89. The largest absolute Gasteiger partial charge is 0.465 e. The van der Waals surface area contributed by atoms with Crippen molar-refractivity contribution in [3.05, 3.63) is 59.5 Å². The van der Waals surface area contributed by atoms with Gasteiger partial charge < -0.3 is 9.15 Å². The molecule has 7 heteroatoms. The van der Waals surface area contributed by atoms with Gasteiger partial charge >= 0.3 is 5.97 Å². The minimum absolute atomic E-state index is 0.214. The molecule has 0 amide bonds. The summed E-state index contributed by atoms with van der Waals surface area (Å²) < 4.78 is 11.6. The van der Waals surface area contributed by atoms with Gasteiger partial charge in [0.2, 0.25) is 0 Å². The molecule has 23 heavy (non-hydrogen) atoms. The van der Waals surface area contributed by atoms with Gasteiger partial charge in [-0.2, -0.15) is 0 Å². The molecule has 2 aromatic heterocycles. The standard InChI is InChI=1S/C16H13N3O4/c1-22-16(21)12-6-4-11(5-7-12)9-19-15(13(10-20)17-18-19)14-3-2-8-23-14/h2-8,10H,9H2,1H3. The van der Waals surface area contributed by atoms with E-state index in [1.54, 1.807) is 41.1 Å². The molecule has 0 fully saturated rings.